The fourth-order valence-electron chi connectivity index (χ4n) is 4.01. The molecule has 0 aliphatic heterocycles. The second-order valence-corrected chi connectivity index (χ2v) is 10.2. The maximum absolute atomic E-state index is 13.5. The molecule has 0 aliphatic carbocycles. The summed E-state index contributed by atoms with van der Waals surface area (Å²) >= 11 is 18.4. The number of nitrogens with one attached hydrogen (secondary N) is 2. The van der Waals surface area contributed by atoms with E-state index in [9.17, 15) is 9.59 Å². The van der Waals surface area contributed by atoms with Gasteiger partial charge in [0.15, 0.2) is 0 Å². The van der Waals surface area contributed by atoms with Crippen molar-refractivity contribution >= 4 is 52.7 Å². The quantitative estimate of drug-likeness (QED) is 0.188. The molecule has 0 saturated heterocycles. The Bertz CT molecular complexity index is 1700. The van der Waals surface area contributed by atoms with Gasteiger partial charge in [0, 0.05) is 56.9 Å². The maximum atomic E-state index is 13.5. The Morgan fingerprint density at radius 1 is 0.854 bits per heavy atom. The van der Waals surface area contributed by atoms with E-state index in [-0.39, 0.29) is 17.8 Å². The Morgan fingerprint density at radius 2 is 1.59 bits per heavy atom. The molecule has 10 heteroatoms. The Kier molecular flexibility index (Phi) is 8.79. The van der Waals surface area contributed by atoms with Crippen LogP contribution >= 0.6 is 34.8 Å². The molecule has 2 aromatic heterocycles. The number of para-hydroxylation sites is 1. The van der Waals surface area contributed by atoms with Gasteiger partial charge in [0.1, 0.15) is 11.4 Å². The molecule has 0 spiro atoms. The Morgan fingerprint density at radius 3 is 2.27 bits per heavy atom. The minimum Gasteiger partial charge on any atom is -0.347 e. The number of carbonyl (C=O) groups is 2. The molecule has 5 aromatic rings. The van der Waals surface area contributed by atoms with Crippen molar-refractivity contribution in [2.75, 3.05) is 0 Å². The van der Waals surface area contributed by atoms with Gasteiger partial charge in [-0.15, -0.1) is 0 Å². The molecule has 0 unspecified atom stereocenters. The summed E-state index contributed by atoms with van der Waals surface area (Å²) in [6.07, 6.45) is 6.67. The molecule has 2 amide bonds. The van der Waals surface area contributed by atoms with E-state index in [1.165, 1.54) is 18.2 Å². The molecular formula is C31H22Cl3N5O2. The van der Waals surface area contributed by atoms with E-state index in [0.29, 0.717) is 26.3 Å². The van der Waals surface area contributed by atoms with Gasteiger partial charge in [-0.05, 0) is 60.2 Å². The Labute approximate surface area is 251 Å². The van der Waals surface area contributed by atoms with Gasteiger partial charge in [0.25, 0.3) is 11.8 Å². The maximum Gasteiger partial charge on any atom is 0.268 e. The molecule has 0 radical (unpaired) electrons. The van der Waals surface area contributed by atoms with Crippen LogP contribution in [0.1, 0.15) is 21.5 Å². The van der Waals surface area contributed by atoms with Crippen molar-refractivity contribution in [1.29, 1.82) is 0 Å². The summed E-state index contributed by atoms with van der Waals surface area (Å²) in [6.45, 7) is 0.205. The lowest BCUT2D eigenvalue weighted by atomic mass is 10.1. The molecule has 0 fully saturated rings. The van der Waals surface area contributed by atoms with E-state index in [1.54, 1.807) is 47.5 Å². The number of benzene rings is 3. The highest BCUT2D eigenvalue weighted by Crippen LogP contribution is 2.27. The molecule has 0 saturated carbocycles. The number of aromatic nitrogens is 3. The normalized spacial score (nSPS) is 11.2. The lowest BCUT2D eigenvalue weighted by molar-refractivity contribution is -0.117. The van der Waals surface area contributed by atoms with Crippen molar-refractivity contribution in [3.63, 3.8) is 0 Å². The monoisotopic (exact) mass is 601 g/mol. The third-order valence-electron chi connectivity index (χ3n) is 5.97. The van der Waals surface area contributed by atoms with Gasteiger partial charge < -0.3 is 10.6 Å². The van der Waals surface area contributed by atoms with Crippen molar-refractivity contribution in [1.82, 2.24) is 25.4 Å². The molecule has 0 aliphatic rings. The molecule has 204 valence electrons. The number of hydrogen-bond donors (Lipinski definition) is 2. The second kappa shape index (κ2) is 12.8. The van der Waals surface area contributed by atoms with Crippen molar-refractivity contribution < 1.29 is 9.59 Å². The van der Waals surface area contributed by atoms with Crippen molar-refractivity contribution in [2.24, 2.45) is 0 Å². The SMILES string of the molecule is O=C(NCc1cccnc1)/C(=C/c1cn(-c2ccccc2)nc1-c1ccc(Cl)cc1)NC(=O)c1cc(Cl)cc(Cl)c1. The number of halogens is 3. The second-order valence-electron chi connectivity index (χ2n) is 8.93. The highest BCUT2D eigenvalue weighted by molar-refractivity contribution is 6.35. The van der Waals surface area contributed by atoms with E-state index in [0.717, 1.165) is 16.8 Å². The summed E-state index contributed by atoms with van der Waals surface area (Å²) in [5.41, 5.74) is 3.77. The van der Waals surface area contributed by atoms with Crippen molar-refractivity contribution in [3.8, 4) is 16.9 Å². The number of rotatable bonds is 8. The topological polar surface area (TPSA) is 88.9 Å². The number of nitrogens with zero attached hydrogens (tertiary/aromatic N) is 3. The molecule has 2 heterocycles. The van der Waals surface area contributed by atoms with Crippen molar-refractivity contribution in [2.45, 2.75) is 6.54 Å². The largest absolute Gasteiger partial charge is 0.347 e. The minimum atomic E-state index is -0.555. The third-order valence-corrected chi connectivity index (χ3v) is 6.66. The minimum absolute atomic E-state index is 0.00202. The molecular weight excluding hydrogens is 581 g/mol. The highest BCUT2D eigenvalue weighted by Gasteiger charge is 2.19. The van der Waals surface area contributed by atoms with Crippen molar-refractivity contribution in [3.05, 3.63) is 141 Å². The molecule has 41 heavy (non-hydrogen) atoms. The zero-order valence-corrected chi connectivity index (χ0v) is 23.7. The molecule has 0 atom stereocenters. The van der Waals surface area contributed by atoms with Crippen LogP contribution in [-0.2, 0) is 11.3 Å². The summed E-state index contributed by atoms with van der Waals surface area (Å²) in [7, 11) is 0. The molecule has 2 N–H and O–H groups in total. The number of carbonyl (C=O) groups excluding carboxylic acids is 2. The zero-order valence-electron chi connectivity index (χ0n) is 21.4. The Balaban J connectivity index is 1.56. The average molecular weight is 603 g/mol. The average Bonchev–Trinajstić information content (AvgIpc) is 3.40. The van der Waals surface area contributed by atoms with E-state index in [4.69, 9.17) is 39.9 Å². The third kappa shape index (κ3) is 7.21. The number of hydrogen-bond acceptors (Lipinski definition) is 4. The van der Waals surface area contributed by atoms with Crippen LogP contribution in [-0.4, -0.2) is 26.6 Å². The first kappa shape index (κ1) is 28.1. The van der Waals surface area contributed by atoms with Gasteiger partial charge in [-0.1, -0.05) is 71.2 Å². The first-order chi connectivity index (χ1) is 19.9. The summed E-state index contributed by atoms with van der Waals surface area (Å²) < 4.78 is 1.71. The number of amides is 2. The number of pyridine rings is 1. The predicted molar refractivity (Wildman–Crippen MR) is 162 cm³/mol. The first-order valence-electron chi connectivity index (χ1n) is 12.4. The standard InChI is InChI=1S/C31H22Cl3N5O2/c32-24-10-8-21(9-11-24)29-23(19-39(38-29)27-6-2-1-3-7-27)15-28(31(41)36-18-20-5-4-12-35-17-20)37-30(40)22-13-25(33)16-26(34)14-22/h1-17,19H,18H2,(H,36,41)(H,37,40)/b28-15-. The fourth-order valence-corrected chi connectivity index (χ4v) is 4.66. The van der Waals surface area contributed by atoms with Crippen LogP contribution in [0, 0.1) is 0 Å². The summed E-state index contributed by atoms with van der Waals surface area (Å²) in [4.78, 5) is 30.8. The van der Waals surface area contributed by atoms with Gasteiger partial charge in [0.05, 0.1) is 5.69 Å². The van der Waals surface area contributed by atoms with E-state index in [1.807, 2.05) is 48.5 Å². The van der Waals surface area contributed by atoms with Gasteiger partial charge in [0.2, 0.25) is 0 Å². The predicted octanol–water partition coefficient (Wildman–Crippen LogP) is 6.98. The van der Waals surface area contributed by atoms with Crippen LogP contribution in [0.3, 0.4) is 0 Å². The van der Waals surface area contributed by atoms with E-state index in [2.05, 4.69) is 15.6 Å². The van der Waals surface area contributed by atoms with Gasteiger partial charge in [-0.25, -0.2) is 4.68 Å². The van der Waals surface area contributed by atoms with Gasteiger partial charge in [-0.2, -0.15) is 5.10 Å². The van der Waals surface area contributed by atoms with Crippen LogP contribution in [0.5, 0.6) is 0 Å². The molecule has 0 bridgehead atoms. The van der Waals surface area contributed by atoms with Crippen LogP contribution in [0.4, 0.5) is 0 Å². The fraction of sp³-hybridized carbons (Fsp3) is 0.0323. The zero-order chi connectivity index (χ0) is 28.8. The van der Waals surface area contributed by atoms with E-state index >= 15 is 0 Å². The van der Waals surface area contributed by atoms with Gasteiger partial charge >= 0.3 is 0 Å². The lowest BCUT2D eigenvalue weighted by Gasteiger charge is -2.12. The van der Waals surface area contributed by atoms with Gasteiger partial charge in [-0.3, -0.25) is 14.6 Å². The van der Waals surface area contributed by atoms with Crippen LogP contribution < -0.4 is 10.6 Å². The molecule has 3 aromatic carbocycles. The molecule has 7 nitrogen and oxygen atoms in total. The van der Waals surface area contributed by atoms with Crippen LogP contribution in [0.25, 0.3) is 23.0 Å². The van der Waals surface area contributed by atoms with Crippen LogP contribution in [0.2, 0.25) is 15.1 Å². The van der Waals surface area contributed by atoms with Crippen LogP contribution in [0.15, 0.2) is 109 Å². The van der Waals surface area contributed by atoms with E-state index < -0.39 is 11.8 Å². The Hall–Kier alpha value is -4.43. The summed E-state index contributed by atoms with van der Waals surface area (Å²) in [5.74, 6) is -1.06. The smallest absolute Gasteiger partial charge is 0.268 e. The lowest BCUT2D eigenvalue weighted by Crippen LogP contribution is -2.34. The summed E-state index contributed by atoms with van der Waals surface area (Å²) in [6, 6.07) is 24.8. The first-order valence-corrected chi connectivity index (χ1v) is 13.6. The molecule has 5 rings (SSSR count). The highest BCUT2D eigenvalue weighted by atomic mass is 35.5. The summed E-state index contributed by atoms with van der Waals surface area (Å²) in [5, 5.41) is 11.5.